The fraction of sp³-hybridized carbons (Fsp3) is 0.500. The number of hydrogen-bond donors (Lipinski definition) is 2. The molecule has 0 saturated carbocycles. The predicted octanol–water partition coefficient (Wildman–Crippen LogP) is -0.474. The molecule has 0 saturated heterocycles. The Morgan fingerprint density at radius 3 is 2.88 bits per heavy atom. The Kier molecular flexibility index (Phi) is 3.56. The molecule has 0 spiro atoms. The van der Waals surface area contributed by atoms with Gasteiger partial charge in [-0.05, 0) is 6.92 Å². The molecule has 0 aliphatic carbocycles. The highest BCUT2D eigenvalue weighted by atomic mass is 15.3. The van der Waals surface area contributed by atoms with Gasteiger partial charge in [-0.15, -0.1) is 0 Å². The number of rotatable bonds is 3. The lowest BCUT2D eigenvalue weighted by atomic mass is 10.4. The molecule has 0 aliphatic rings. The molecule has 0 rings (SSSR count). The van der Waals surface area contributed by atoms with Crippen molar-refractivity contribution in [1.29, 1.82) is 0 Å². The second-order valence-electron chi connectivity index (χ2n) is 1.36. The van der Waals surface area contributed by atoms with Crippen LogP contribution in [0.25, 0.3) is 0 Å². The van der Waals surface area contributed by atoms with Crippen molar-refractivity contribution < 1.29 is 0 Å². The number of hydrogen-bond acceptors (Lipinski definition) is 4. The van der Waals surface area contributed by atoms with E-state index in [1.807, 2.05) is 0 Å². The lowest BCUT2D eigenvalue weighted by Crippen LogP contribution is -2.15. The summed E-state index contributed by atoms with van der Waals surface area (Å²) in [5, 5.41) is 6.78. The number of nitrogens with two attached hydrogens (primary N) is 1. The molecule has 0 fully saturated rings. The van der Waals surface area contributed by atoms with Gasteiger partial charge >= 0.3 is 0 Å². The van der Waals surface area contributed by atoms with E-state index in [1.54, 1.807) is 6.92 Å². The standard InChI is InChI=1S/C4H10N4/c1-4(8-5)3-7-6-2/h7H,2-3,5H2,1H3/b8-4-. The first-order valence-electron chi connectivity index (χ1n) is 2.23. The molecule has 0 amide bonds. The fourth-order valence-corrected chi connectivity index (χ4v) is 0.216. The van der Waals surface area contributed by atoms with Crippen LogP contribution in [-0.2, 0) is 0 Å². The second kappa shape index (κ2) is 4.11. The Bertz CT molecular complexity index is 96.2. The van der Waals surface area contributed by atoms with Crippen LogP contribution in [-0.4, -0.2) is 19.0 Å². The Balaban J connectivity index is 3.24. The molecular weight excluding hydrogens is 104 g/mol. The maximum Gasteiger partial charge on any atom is 0.0727 e. The van der Waals surface area contributed by atoms with Crippen LogP contribution in [0, 0.1) is 0 Å². The lowest BCUT2D eigenvalue weighted by Gasteiger charge is -1.94. The van der Waals surface area contributed by atoms with Crippen molar-refractivity contribution in [2.45, 2.75) is 6.92 Å². The van der Waals surface area contributed by atoms with E-state index >= 15 is 0 Å². The third-order valence-electron chi connectivity index (χ3n) is 0.667. The average Bonchev–Trinajstić information content (AvgIpc) is 1.83. The highest BCUT2D eigenvalue weighted by Gasteiger charge is 1.83. The third kappa shape index (κ3) is 3.14. The van der Waals surface area contributed by atoms with E-state index in [0.717, 1.165) is 5.71 Å². The first kappa shape index (κ1) is 6.94. The summed E-state index contributed by atoms with van der Waals surface area (Å²) in [6, 6.07) is 0. The van der Waals surface area contributed by atoms with Gasteiger partial charge < -0.3 is 11.3 Å². The Labute approximate surface area is 48.5 Å². The zero-order valence-corrected chi connectivity index (χ0v) is 4.89. The molecule has 0 aromatic carbocycles. The molecule has 0 bridgehead atoms. The van der Waals surface area contributed by atoms with Crippen LogP contribution in [0.3, 0.4) is 0 Å². The van der Waals surface area contributed by atoms with Crippen LogP contribution >= 0.6 is 0 Å². The quantitative estimate of drug-likeness (QED) is 0.296. The first-order valence-corrected chi connectivity index (χ1v) is 2.23. The van der Waals surface area contributed by atoms with Crippen LogP contribution in [0.15, 0.2) is 10.2 Å². The van der Waals surface area contributed by atoms with Crippen molar-refractivity contribution >= 4 is 12.4 Å². The van der Waals surface area contributed by atoms with Crippen molar-refractivity contribution in [3.8, 4) is 0 Å². The highest BCUT2D eigenvalue weighted by molar-refractivity contribution is 5.83. The topological polar surface area (TPSA) is 62.8 Å². The summed E-state index contributed by atoms with van der Waals surface area (Å²) in [5.74, 6) is 4.90. The van der Waals surface area contributed by atoms with E-state index in [4.69, 9.17) is 5.84 Å². The van der Waals surface area contributed by atoms with Gasteiger partial charge in [-0.3, -0.25) is 0 Å². The molecule has 0 aliphatic heterocycles. The smallest absolute Gasteiger partial charge is 0.0727 e. The van der Waals surface area contributed by atoms with Gasteiger partial charge in [0.05, 0.1) is 12.3 Å². The van der Waals surface area contributed by atoms with Crippen molar-refractivity contribution in [1.82, 2.24) is 5.43 Å². The van der Waals surface area contributed by atoms with E-state index in [2.05, 4.69) is 22.3 Å². The fourth-order valence-electron chi connectivity index (χ4n) is 0.216. The zero-order valence-electron chi connectivity index (χ0n) is 4.89. The van der Waals surface area contributed by atoms with Gasteiger partial charge in [-0.1, -0.05) is 0 Å². The molecule has 3 N–H and O–H groups in total. The predicted molar refractivity (Wildman–Crippen MR) is 34.8 cm³/mol. The van der Waals surface area contributed by atoms with Gasteiger partial charge in [-0.25, -0.2) is 0 Å². The zero-order chi connectivity index (χ0) is 6.41. The molecule has 46 valence electrons. The first-order chi connectivity index (χ1) is 3.81. The average molecular weight is 114 g/mol. The number of nitrogens with zero attached hydrogens (tertiary/aromatic N) is 2. The van der Waals surface area contributed by atoms with E-state index in [-0.39, 0.29) is 0 Å². The molecule has 0 atom stereocenters. The van der Waals surface area contributed by atoms with Crippen LogP contribution in [0.5, 0.6) is 0 Å². The molecule has 0 heterocycles. The van der Waals surface area contributed by atoms with Crippen LogP contribution in [0.4, 0.5) is 0 Å². The van der Waals surface area contributed by atoms with E-state index in [1.165, 1.54) is 0 Å². The van der Waals surface area contributed by atoms with Crippen molar-refractivity contribution in [2.24, 2.45) is 16.0 Å². The summed E-state index contributed by atoms with van der Waals surface area (Å²) in [6.07, 6.45) is 0. The van der Waals surface area contributed by atoms with Gasteiger partial charge in [-0.2, -0.15) is 10.2 Å². The lowest BCUT2D eigenvalue weighted by molar-refractivity contribution is 0.850. The minimum atomic E-state index is 0.569. The van der Waals surface area contributed by atoms with E-state index in [0.29, 0.717) is 6.54 Å². The van der Waals surface area contributed by atoms with Crippen molar-refractivity contribution in [2.75, 3.05) is 6.54 Å². The normalized spacial score (nSPS) is 10.9. The molecule has 8 heavy (non-hydrogen) atoms. The monoisotopic (exact) mass is 114 g/mol. The molecule has 0 aromatic rings. The van der Waals surface area contributed by atoms with Crippen molar-refractivity contribution in [3.63, 3.8) is 0 Å². The summed E-state index contributed by atoms with van der Waals surface area (Å²) in [4.78, 5) is 0. The van der Waals surface area contributed by atoms with Crippen LogP contribution in [0.1, 0.15) is 6.92 Å². The maximum absolute atomic E-state index is 4.90. The van der Waals surface area contributed by atoms with Gasteiger partial charge in [0, 0.05) is 6.72 Å². The summed E-state index contributed by atoms with van der Waals surface area (Å²) in [7, 11) is 0. The number of nitrogens with one attached hydrogen (secondary N) is 1. The Morgan fingerprint density at radius 2 is 2.50 bits per heavy atom. The summed E-state index contributed by atoms with van der Waals surface area (Å²) >= 11 is 0. The SMILES string of the molecule is C=NNC/C(C)=N\N. The Morgan fingerprint density at radius 1 is 1.88 bits per heavy atom. The summed E-state index contributed by atoms with van der Waals surface area (Å²) in [6.45, 7) is 5.58. The molecule has 0 aromatic heterocycles. The van der Waals surface area contributed by atoms with Crippen LogP contribution < -0.4 is 11.3 Å². The molecule has 0 radical (unpaired) electrons. The van der Waals surface area contributed by atoms with Gasteiger partial charge in [0.15, 0.2) is 0 Å². The molecule has 0 unspecified atom stereocenters. The van der Waals surface area contributed by atoms with Crippen molar-refractivity contribution in [3.05, 3.63) is 0 Å². The summed E-state index contributed by atoms with van der Waals surface area (Å²) in [5.41, 5.74) is 3.41. The highest BCUT2D eigenvalue weighted by Crippen LogP contribution is 1.66. The minimum absolute atomic E-state index is 0.569. The largest absolute Gasteiger partial charge is 0.323 e. The number of hydrazone groups is 2. The van der Waals surface area contributed by atoms with Gasteiger partial charge in [0.2, 0.25) is 0 Å². The van der Waals surface area contributed by atoms with Crippen LogP contribution in [0.2, 0.25) is 0 Å². The minimum Gasteiger partial charge on any atom is -0.323 e. The van der Waals surface area contributed by atoms with E-state index < -0.39 is 0 Å². The maximum atomic E-state index is 4.90. The van der Waals surface area contributed by atoms with Gasteiger partial charge in [0.25, 0.3) is 0 Å². The molecular formula is C4H10N4. The molecule has 4 nitrogen and oxygen atoms in total. The second-order valence-corrected chi connectivity index (χ2v) is 1.36. The molecule has 4 heteroatoms. The third-order valence-corrected chi connectivity index (χ3v) is 0.667. The van der Waals surface area contributed by atoms with Gasteiger partial charge in [0.1, 0.15) is 0 Å². The Hall–Kier alpha value is -1.06. The summed E-state index contributed by atoms with van der Waals surface area (Å²) < 4.78 is 0. The van der Waals surface area contributed by atoms with E-state index in [9.17, 15) is 0 Å².